The smallest absolute Gasteiger partial charge is 0.203 e. The van der Waals surface area contributed by atoms with Gasteiger partial charge in [0, 0.05) is 0 Å². The minimum Gasteiger partial charge on any atom is -0.490 e. The number of rotatable bonds is 39. The van der Waals surface area contributed by atoms with Crippen LogP contribution in [0.15, 0.2) is 65.4 Å². The molecule has 0 unspecified atom stereocenters. The van der Waals surface area contributed by atoms with Crippen LogP contribution in [0.4, 0.5) is 0 Å². The molecule has 1 aliphatic rings. The zero-order valence-electron chi connectivity index (χ0n) is 40.4. The van der Waals surface area contributed by atoms with Gasteiger partial charge in [0.15, 0.2) is 11.5 Å². The maximum atomic E-state index is 6.87. The number of fused-ring (bicyclic) bond motifs is 3. The first kappa shape index (κ1) is 51.7. The third-order valence-electron chi connectivity index (χ3n) is 13.3. The second-order valence-corrected chi connectivity index (χ2v) is 23.8. The van der Waals surface area contributed by atoms with Gasteiger partial charge in [-0.3, -0.25) is 0 Å². The van der Waals surface area contributed by atoms with Crippen molar-refractivity contribution in [1.82, 2.24) is 0 Å². The molecule has 0 amide bonds. The van der Waals surface area contributed by atoms with Gasteiger partial charge in [0.2, 0.25) is 5.75 Å². The second-order valence-electron chi connectivity index (χ2n) is 18.6. The fraction of sp³-hybridized carbons (Fsp3) is 0.649. The van der Waals surface area contributed by atoms with E-state index in [4.69, 9.17) is 14.2 Å². The van der Waals surface area contributed by atoms with Gasteiger partial charge in [-0.05, 0) is 72.0 Å². The van der Waals surface area contributed by atoms with E-state index in [1.165, 1.54) is 194 Å². The summed E-state index contributed by atoms with van der Waals surface area (Å²) in [6.07, 6.45) is 40.5. The molecule has 0 radical (unpaired) electrons. The zero-order chi connectivity index (χ0) is 44.1. The number of hydrogen-bond acceptors (Lipinski definition) is 5. The molecule has 4 aromatic rings. The van der Waals surface area contributed by atoms with Crippen molar-refractivity contribution in [2.45, 2.75) is 220 Å². The summed E-state index contributed by atoms with van der Waals surface area (Å²) in [6.45, 7) is 9.04. The average Bonchev–Trinajstić information content (AvgIpc) is 4.05. The molecule has 0 aliphatic carbocycles. The molecule has 1 aliphatic heterocycles. The first-order valence-corrected chi connectivity index (χ1v) is 30.1. The molecule has 3 nitrogen and oxygen atoms in total. The predicted molar refractivity (Wildman–Crippen MR) is 282 cm³/mol. The Morgan fingerprint density at radius 1 is 0.397 bits per heavy atom. The van der Waals surface area contributed by atoms with E-state index in [9.17, 15) is 0 Å². The minimum absolute atomic E-state index is 0.705. The summed E-state index contributed by atoms with van der Waals surface area (Å²) in [4.78, 5) is 2.95. The van der Waals surface area contributed by atoms with Crippen LogP contribution < -0.4 is 30.1 Å². The molecule has 2 aromatic carbocycles. The van der Waals surface area contributed by atoms with Crippen molar-refractivity contribution in [3.8, 4) is 27.0 Å². The number of benzene rings is 2. The topological polar surface area (TPSA) is 27.7 Å². The Bertz CT molecular complexity index is 1660. The van der Waals surface area contributed by atoms with Gasteiger partial charge in [-0.15, -0.1) is 22.7 Å². The molecule has 2 aromatic heterocycles. The molecule has 63 heavy (non-hydrogen) atoms. The normalized spacial score (nSPS) is 12.7. The molecule has 6 heteroatoms. The maximum absolute atomic E-state index is 6.87. The summed E-state index contributed by atoms with van der Waals surface area (Å²) in [5, 5.41) is 9.18. The van der Waals surface area contributed by atoms with Gasteiger partial charge in [-0.1, -0.05) is 212 Å². The predicted octanol–water partition coefficient (Wildman–Crippen LogP) is 18.2. The molecule has 0 bridgehead atoms. The SMILES string of the molecule is CCCCCCCCCCCCOc1cc(C[P+]2(c3ccccc3)c3ccsc3-c3sccc32)cc(OCCCCCCCCCCCC)c1OCCCCCCCCCCCC. The van der Waals surface area contributed by atoms with Gasteiger partial charge in [0.1, 0.15) is 23.2 Å². The second kappa shape index (κ2) is 31.6. The highest BCUT2D eigenvalue weighted by atomic mass is 32.1. The lowest BCUT2D eigenvalue weighted by molar-refractivity contribution is 0.234. The molecule has 5 rings (SSSR count). The standard InChI is InChI=1S/C57H88O3PS2/c1-4-7-10-13-16-19-22-25-28-34-41-58-51-46-49(48-61(50-37-32-31-33-38-50)53-39-44-62-56(53)57-54(61)40-45-63-57)47-52(59-42-35-29-26-23-20-17-14-11-8-5-2)55(51)60-43-36-30-27-24-21-18-15-12-9-6-3/h31-33,37-40,44-47H,4-30,34-36,41-43,48H2,1-3H3/q+1. The first-order valence-electron chi connectivity index (χ1n) is 26.4. The van der Waals surface area contributed by atoms with Crippen LogP contribution in [-0.4, -0.2) is 19.8 Å². The van der Waals surface area contributed by atoms with Crippen molar-refractivity contribution < 1.29 is 14.2 Å². The molecular formula is C57H88O3PS2+. The molecule has 0 saturated carbocycles. The van der Waals surface area contributed by atoms with Gasteiger partial charge in [0.05, 0.1) is 35.7 Å². The molecule has 350 valence electrons. The van der Waals surface area contributed by atoms with Crippen LogP contribution >= 0.6 is 29.9 Å². The van der Waals surface area contributed by atoms with Gasteiger partial charge in [-0.2, -0.15) is 0 Å². The van der Waals surface area contributed by atoms with E-state index >= 15 is 0 Å². The van der Waals surface area contributed by atoms with Crippen molar-refractivity contribution in [3.05, 3.63) is 70.9 Å². The number of ether oxygens (including phenoxy) is 3. The van der Waals surface area contributed by atoms with Gasteiger partial charge < -0.3 is 14.2 Å². The highest BCUT2D eigenvalue weighted by Gasteiger charge is 2.54. The summed E-state index contributed by atoms with van der Waals surface area (Å²) in [5.41, 5.74) is 1.30. The van der Waals surface area contributed by atoms with E-state index in [0.29, 0.717) is 6.61 Å². The number of unbranched alkanes of at least 4 members (excludes halogenated alkanes) is 27. The highest BCUT2D eigenvalue weighted by molar-refractivity contribution is 7.96. The Kier molecular flexibility index (Phi) is 25.9. The lowest BCUT2D eigenvalue weighted by atomic mass is 10.1. The first-order chi connectivity index (χ1) is 31.2. The van der Waals surface area contributed by atoms with Crippen molar-refractivity contribution >= 4 is 45.8 Å². The summed E-state index contributed by atoms with van der Waals surface area (Å²) < 4.78 is 20.6. The van der Waals surface area contributed by atoms with Crippen LogP contribution in [0.2, 0.25) is 0 Å². The largest absolute Gasteiger partial charge is 0.490 e. The highest BCUT2D eigenvalue weighted by Crippen LogP contribution is 2.66. The van der Waals surface area contributed by atoms with Crippen molar-refractivity contribution in [3.63, 3.8) is 0 Å². The van der Waals surface area contributed by atoms with Crippen LogP contribution in [-0.2, 0) is 6.16 Å². The lowest BCUT2D eigenvalue weighted by Crippen LogP contribution is -2.28. The van der Waals surface area contributed by atoms with E-state index in [1.54, 1.807) is 10.6 Å². The van der Waals surface area contributed by atoms with Crippen LogP contribution in [0.3, 0.4) is 0 Å². The molecule has 0 spiro atoms. The van der Waals surface area contributed by atoms with Gasteiger partial charge >= 0.3 is 0 Å². The summed E-state index contributed by atoms with van der Waals surface area (Å²) >= 11 is 3.83. The zero-order valence-corrected chi connectivity index (χ0v) is 42.9. The van der Waals surface area contributed by atoms with E-state index < -0.39 is 7.26 Å². The Morgan fingerprint density at radius 2 is 0.746 bits per heavy atom. The lowest BCUT2D eigenvalue weighted by Gasteiger charge is -2.25. The van der Waals surface area contributed by atoms with Crippen LogP contribution in [0.5, 0.6) is 17.2 Å². The fourth-order valence-electron chi connectivity index (χ4n) is 9.56. The van der Waals surface area contributed by atoms with E-state index in [1.807, 2.05) is 22.7 Å². The van der Waals surface area contributed by atoms with E-state index in [-0.39, 0.29) is 0 Å². The Labute approximate surface area is 395 Å². The third kappa shape index (κ3) is 17.1. The van der Waals surface area contributed by atoms with Crippen LogP contribution in [0, 0.1) is 0 Å². The van der Waals surface area contributed by atoms with Crippen LogP contribution in [0.1, 0.15) is 219 Å². The number of hydrogen-bond donors (Lipinski definition) is 0. The van der Waals surface area contributed by atoms with Crippen molar-refractivity contribution in [1.29, 1.82) is 0 Å². The molecule has 3 heterocycles. The van der Waals surface area contributed by atoms with Crippen molar-refractivity contribution in [2.24, 2.45) is 0 Å². The fourth-order valence-corrected chi connectivity index (χ4v) is 17.3. The van der Waals surface area contributed by atoms with Crippen molar-refractivity contribution in [2.75, 3.05) is 19.8 Å². The monoisotopic (exact) mass is 916 g/mol. The summed E-state index contributed by atoms with van der Waals surface area (Å²) in [5.74, 6) is 2.60. The van der Waals surface area contributed by atoms with Gasteiger partial charge in [0.25, 0.3) is 0 Å². The van der Waals surface area contributed by atoms with Crippen LogP contribution in [0.25, 0.3) is 9.75 Å². The Hall–Kier alpha value is -2.33. The van der Waals surface area contributed by atoms with E-state index in [2.05, 4.69) is 86.1 Å². The molecular weight excluding hydrogens is 828 g/mol. The Morgan fingerprint density at radius 3 is 1.13 bits per heavy atom. The Balaban J connectivity index is 1.31. The summed E-state index contributed by atoms with van der Waals surface area (Å²) in [6, 6.07) is 21.0. The number of thiophene rings is 2. The molecule has 0 saturated heterocycles. The minimum atomic E-state index is -1.95. The maximum Gasteiger partial charge on any atom is 0.203 e. The van der Waals surface area contributed by atoms with Gasteiger partial charge in [-0.25, -0.2) is 0 Å². The summed E-state index contributed by atoms with van der Waals surface area (Å²) in [7, 11) is -1.95. The quantitative estimate of drug-likeness (QED) is 0.0330. The third-order valence-corrected chi connectivity index (χ3v) is 20.0. The molecule has 0 N–H and O–H groups in total. The van der Waals surface area contributed by atoms with E-state index in [0.717, 1.165) is 55.9 Å². The average molecular weight is 916 g/mol. The molecule has 0 atom stereocenters. The molecule has 0 fully saturated rings.